The van der Waals surface area contributed by atoms with E-state index in [0.717, 1.165) is 0 Å². The van der Waals surface area contributed by atoms with E-state index in [0.29, 0.717) is 16.9 Å². The SMILES string of the molecule is O=C(O)C1(S(=O)(=O)O)CC=Cc2cccc(Nc3ccccc3)c21. The van der Waals surface area contributed by atoms with Crippen LogP contribution in [0.1, 0.15) is 17.5 Å². The Hall–Kier alpha value is -2.64. The zero-order chi connectivity index (χ0) is 17.4. The first-order valence-electron chi connectivity index (χ1n) is 7.19. The quantitative estimate of drug-likeness (QED) is 0.736. The van der Waals surface area contributed by atoms with Gasteiger partial charge >= 0.3 is 5.97 Å². The average molecular weight is 345 g/mol. The average Bonchev–Trinajstić information content (AvgIpc) is 2.54. The number of allylic oxidation sites excluding steroid dienone is 1. The first kappa shape index (κ1) is 16.2. The summed E-state index contributed by atoms with van der Waals surface area (Å²) in [6.07, 6.45) is 2.75. The molecular weight excluding hydrogens is 330 g/mol. The molecule has 6 nitrogen and oxygen atoms in total. The molecule has 0 heterocycles. The van der Waals surface area contributed by atoms with Crippen LogP contribution in [0.5, 0.6) is 0 Å². The van der Waals surface area contributed by atoms with Crippen LogP contribution in [-0.2, 0) is 19.7 Å². The van der Waals surface area contributed by atoms with Crippen molar-refractivity contribution in [3.63, 3.8) is 0 Å². The molecule has 1 aliphatic carbocycles. The standard InChI is InChI=1S/C17H15NO5S/c19-16(20)17(24(21,22)23)11-5-7-12-6-4-10-14(15(12)17)18-13-8-2-1-3-9-13/h1-10,18H,11H2,(H,19,20)(H,21,22,23). The smallest absolute Gasteiger partial charge is 0.332 e. The maximum Gasteiger partial charge on any atom is 0.332 e. The molecule has 0 bridgehead atoms. The third kappa shape index (κ3) is 2.47. The molecule has 1 atom stereocenters. The van der Waals surface area contributed by atoms with E-state index < -0.39 is 20.8 Å². The van der Waals surface area contributed by atoms with E-state index >= 15 is 0 Å². The van der Waals surface area contributed by atoms with Crippen molar-refractivity contribution in [1.29, 1.82) is 0 Å². The maximum atomic E-state index is 12.0. The molecule has 2 aromatic carbocycles. The highest BCUT2D eigenvalue weighted by Gasteiger charge is 2.54. The largest absolute Gasteiger partial charge is 0.480 e. The van der Waals surface area contributed by atoms with Gasteiger partial charge in [-0.15, -0.1) is 0 Å². The number of carbonyl (C=O) groups is 1. The number of carboxylic acid groups (broad SMARTS) is 1. The number of benzene rings is 2. The van der Waals surface area contributed by atoms with Crippen LogP contribution in [0.4, 0.5) is 11.4 Å². The summed E-state index contributed by atoms with van der Waals surface area (Å²) in [7, 11) is -4.91. The zero-order valence-electron chi connectivity index (χ0n) is 12.5. The Kier molecular flexibility index (Phi) is 3.90. The van der Waals surface area contributed by atoms with Gasteiger partial charge in [-0.05, 0) is 23.8 Å². The van der Waals surface area contributed by atoms with Crippen LogP contribution in [0, 0.1) is 0 Å². The van der Waals surface area contributed by atoms with Crippen molar-refractivity contribution in [3.05, 3.63) is 65.7 Å². The highest BCUT2D eigenvalue weighted by Crippen LogP contribution is 2.44. The summed E-state index contributed by atoms with van der Waals surface area (Å²) in [5.41, 5.74) is 1.46. The van der Waals surface area contributed by atoms with Crippen LogP contribution in [-0.4, -0.2) is 24.0 Å². The summed E-state index contributed by atoms with van der Waals surface area (Å²) >= 11 is 0. The molecule has 7 heteroatoms. The Balaban J connectivity index is 2.26. The first-order valence-corrected chi connectivity index (χ1v) is 8.63. The van der Waals surface area contributed by atoms with E-state index in [4.69, 9.17) is 0 Å². The van der Waals surface area contributed by atoms with Crippen LogP contribution >= 0.6 is 0 Å². The van der Waals surface area contributed by atoms with Gasteiger partial charge in [0, 0.05) is 23.4 Å². The van der Waals surface area contributed by atoms with Crippen molar-refractivity contribution >= 4 is 33.5 Å². The van der Waals surface area contributed by atoms with E-state index in [-0.39, 0.29) is 12.0 Å². The molecule has 2 aromatic rings. The van der Waals surface area contributed by atoms with Crippen molar-refractivity contribution in [1.82, 2.24) is 0 Å². The molecule has 124 valence electrons. The number of aliphatic carboxylic acids is 1. The van der Waals surface area contributed by atoms with Crippen molar-refractivity contribution < 1.29 is 22.9 Å². The summed E-state index contributed by atoms with van der Waals surface area (Å²) in [4.78, 5) is 11.9. The number of nitrogens with one attached hydrogen (secondary N) is 1. The zero-order valence-corrected chi connectivity index (χ0v) is 13.3. The first-order chi connectivity index (χ1) is 11.4. The van der Waals surface area contributed by atoms with Crippen molar-refractivity contribution in [2.75, 3.05) is 5.32 Å². The highest BCUT2D eigenvalue weighted by atomic mass is 32.2. The Morgan fingerprint density at radius 3 is 2.42 bits per heavy atom. The number of hydrogen-bond acceptors (Lipinski definition) is 4. The number of rotatable bonds is 4. The Labute approximate surface area is 139 Å². The van der Waals surface area contributed by atoms with Gasteiger partial charge in [0.15, 0.2) is 0 Å². The third-order valence-electron chi connectivity index (χ3n) is 4.04. The predicted octanol–water partition coefficient (Wildman–Crippen LogP) is 3.01. The van der Waals surface area contributed by atoms with E-state index in [1.54, 1.807) is 48.5 Å². The number of fused-ring (bicyclic) bond motifs is 1. The highest BCUT2D eigenvalue weighted by molar-refractivity contribution is 7.87. The minimum atomic E-state index is -4.91. The minimum absolute atomic E-state index is 0.0337. The summed E-state index contributed by atoms with van der Waals surface area (Å²) in [5.74, 6) is -1.61. The van der Waals surface area contributed by atoms with Gasteiger partial charge in [0.2, 0.25) is 4.75 Å². The Morgan fingerprint density at radius 1 is 1.08 bits per heavy atom. The summed E-state index contributed by atoms with van der Waals surface area (Å²) in [6.45, 7) is 0. The van der Waals surface area contributed by atoms with Gasteiger partial charge < -0.3 is 10.4 Å². The van der Waals surface area contributed by atoms with Crippen LogP contribution in [0.3, 0.4) is 0 Å². The molecule has 1 aliphatic rings. The second kappa shape index (κ2) is 5.77. The maximum absolute atomic E-state index is 12.0. The molecule has 0 fully saturated rings. The molecular formula is C17H15NO5S. The predicted molar refractivity (Wildman–Crippen MR) is 90.7 cm³/mol. The van der Waals surface area contributed by atoms with Crippen LogP contribution in [0.25, 0.3) is 6.08 Å². The molecule has 0 aromatic heterocycles. The molecule has 3 N–H and O–H groups in total. The Bertz CT molecular complexity index is 921. The molecule has 3 rings (SSSR count). The summed E-state index contributed by atoms with van der Waals surface area (Å²) < 4.78 is 31.4. The molecule has 0 spiro atoms. The van der Waals surface area contributed by atoms with Crippen molar-refractivity contribution in [2.45, 2.75) is 11.2 Å². The second-order valence-corrected chi connectivity index (χ2v) is 7.12. The van der Waals surface area contributed by atoms with Gasteiger partial charge in [-0.25, -0.2) is 0 Å². The molecule has 0 radical (unpaired) electrons. The van der Waals surface area contributed by atoms with E-state index in [2.05, 4.69) is 5.32 Å². The fourth-order valence-electron chi connectivity index (χ4n) is 2.93. The molecule has 0 saturated heterocycles. The van der Waals surface area contributed by atoms with E-state index in [1.807, 2.05) is 6.07 Å². The number of para-hydroxylation sites is 1. The topological polar surface area (TPSA) is 104 Å². The molecule has 0 aliphatic heterocycles. The van der Waals surface area contributed by atoms with Crippen LogP contribution in [0.2, 0.25) is 0 Å². The summed E-state index contributed by atoms with van der Waals surface area (Å²) in [5, 5.41) is 12.7. The second-order valence-electron chi connectivity index (χ2n) is 5.47. The summed E-state index contributed by atoms with van der Waals surface area (Å²) in [6, 6.07) is 13.9. The van der Waals surface area contributed by atoms with Crippen LogP contribution in [0.15, 0.2) is 54.6 Å². The molecule has 24 heavy (non-hydrogen) atoms. The van der Waals surface area contributed by atoms with Gasteiger partial charge in [0.1, 0.15) is 0 Å². The van der Waals surface area contributed by atoms with Crippen molar-refractivity contribution in [3.8, 4) is 0 Å². The lowest BCUT2D eigenvalue weighted by atomic mass is 9.84. The molecule has 1 unspecified atom stereocenters. The number of carboxylic acids is 1. The van der Waals surface area contributed by atoms with Gasteiger partial charge in [-0.1, -0.05) is 42.5 Å². The van der Waals surface area contributed by atoms with Gasteiger partial charge in [-0.2, -0.15) is 8.42 Å². The van der Waals surface area contributed by atoms with E-state index in [9.17, 15) is 22.9 Å². The fourth-order valence-corrected chi connectivity index (χ4v) is 3.95. The number of anilines is 2. The fraction of sp³-hybridized carbons (Fsp3) is 0.118. The monoisotopic (exact) mass is 345 g/mol. The van der Waals surface area contributed by atoms with Crippen molar-refractivity contribution in [2.24, 2.45) is 0 Å². The number of hydrogen-bond donors (Lipinski definition) is 3. The van der Waals surface area contributed by atoms with Crippen LogP contribution < -0.4 is 5.32 Å². The van der Waals surface area contributed by atoms with Gasteiger partial charge in [0.25, 0.3) is 10.1 Å². The van der Waals surface area contributed by atoms with Gasteiger partial charge in [-0.3, -0.25) is 9.35 Å². The van der Waals surface area contributed by atoms with E-state index in [1.165, 1.54) is 6.08 Å². The lowest BCUT2D eigenvalue weighted by Gasteiger charge is -2.31. The molecule has 0 saturated carbocycles. The third-order valence-corrected chi connectivity index (χ3v) is 5.47. The normalized spacial score (nSPS) is 19.5. The lowest BCUT2D eigenvalue weighted by molar-refractivity contribution is -0.140. The lowest BCUT2D eigenvalue weighted by Crippen LogP contribution is -2.45. The van der Waals surface area contributed by atoms with Gasteiger partial charge in [0.05, 0.1) is 0 Å². The Morgan fingerprint density at radius 2 is 1.79 bits per heavy atom. The minimum Gasteiger partial charge on any atom is -0.480 e. The molecule has 0 amide bonds.